The van der Waals surface area contributed by atoms with E-state index in [-0.39, 0.29) is 10.9 Å². The molecule has 4 aromatic rings. The highest BCUT2D eigenvalue weighted by atomic mass is 32.2. The van der Waals surface area contributed by atoms with Crippen molar-refractivity contribution in [3.63, 3.8) is 0 Å². The van der Waals surface area contributed by atoms with Crippen LogP contribution in [0.2, 0.25) is 0 Å². The third-order valence-corrected chi connectivity index (χ3v) is 4.84. The van der Waals surface area contributed by atoms with Gasteiger partial charge in [-0.3, -0.25) is 9.78 Å². The lowest BCUT2D eigenvalue weighted by molar-refractivity contribution is 0.433. The van der Waals surface area contributed by atoms with Crippen LogP contribution in [0.4, 0.5) is 13.2 Å². The van der Waals surface area contributed by atoms with E-state index in [9.17, 15) is 23.1 Å². The molecule has 0 saturated heterocycles. The first-order chi connectivity index (χ1) is 13.4. The number of aromatic amines is 1. The van der Waals surface area contributed by atoms with Gasteiger partial charge in [-0.05, 0) is 5.56 Å². The topological polar surface area (TPSA) is 83.3 Å². The van der Waals surface area contributed by atoms with Crippen molar-refractivity contribution in [3.8, 4) is 17.0 Å². The number of thioether (sulfide) groups is 1. The number of aromatic nitrogens is 4. The Morgan fingerprint density at radius 2 is 1.75 bits per heavy atom. The number of fused-ring (bicyclic) bond motifs is 1. The lowest BCUT2D eigenvalue weighted by Crippen LogP contribution is -2.14. The molecule has 10 heteroatoms. The number of hydrogen-bond acceptors (Lipinski definition) is 5. The molecule has 0 amide bonds. The maximum atomic E-state index is 14.1. The van der Waals surface area contributed by atoms with Crippen LogP contribution in [-0.4, -0.2) is 24.7 Å². The summed E-state index contributed by atoms with van der Waals surface area (Å²) in [5, 5.41) is 14.7. The fraction of sp³-hybridized carbons (Fsp3) is 0.0556. The Kier molecular flexibility index (Phi) is 4.55. The Morgan fingerprint density at radius 3 is 2.43 bits per heavy atom. The maximum absolute atomic E-state index is 14.1. The summed E-state index contributed by atoms with van der Waals surface area (Å²) in [6.07, 6.45) is 0. The summed E-state index contributed by atoms with van der Waals surface area (Å²) in [7, 11) is 0. The standard InChI is InChI=1S/C18H11F3N4O2S/c19-10-6-11(20)13(12(21)7-10)14-15(26)22-17-23-18(24-25(17)16(14)27)28-8-9-4-2-1-3-5-9/h1-7,27H,8H2,(H,22,23,24,26). The molecule has 142 valence electrons. The number of H-pyrrole nitrogens is 1. The van der Waals surface area contributed by atoms with Crippen LogP contribution in [0, 0.1) is 17.5 Å². The van der Waals surface area contributed by atoms with Crippen molar-refractivity contribution in [1.29, 1.82) is 0 Å². The average molecular weight is 404 g/mol. The maximum Gasteiger partial charge on any atom is 0.264 e. The van der Waals surface area contributed by atoms with Crippen LogP contribution in [0.25, 0.3) is 16.9 Å². The Balaban J connectivity index is 1.77. The molecule has 6 nitrogen and oxygen atoms in total. The van der Waals surface area contributed by atoms with Crippen LogP contribution in [0.5, 0.6) is 5.88 Å². The highest BCUT2D eigenvalue weighted by Crippen LogP contribution is 2.31. The first-order valence-corrected chi connectivity index (χ1v) is 8.96. The minimum Gasteiger partial charge on any atom is -0.493 e. The van der Waals surface area contributed by atoms with Crippen LogP contribution in [0.1, 0.15) is 5.56 Å². The number of benzene rings is 2. The van der Waals surface area contributed by atoms with Gasteiger partial charge < -0.3 is 5.11 Å². The van der Waals surface area contributed by atoms with Gasteiger partial charge in [0.25, 0.3) is 5.56 Å². The van der Waals surface area contributed by atoms with Crippen molar-refractivity contribution >= 4 is 17.5 Å². The van der Waals surface area contributed by atoms with Gasteiger partial charge in [-0.25, -0.2) is 13.2 Å². The normalized spacial score (nSPS) is 11.2. The zero-order valence-electron chi connectivity index (χ0n) is 14.0. The van der Waals surface area contributed by atoms with E-state index in [0.29, 0.717) is 17.9 Å². The average Bonchev–Trinajstić information content (AvgIpc) is 3.06. The van der Waals surface area contributed by atoms with Crippen LogP contribution in [0.3, 0.4) is 0 Å². The number of hydrogen-bond donors (Lipinski definition) is 2. The molecule has 0 aliphatic rings. The lowest BCUT2D eigenvalue weighted by atomic mass is 10.1. The lowest BCUT2D eigenvalue weighted by Gasteiger charge is -2.07. The predicted molar refractivity (Wildman–Crippen MR) is 96.6 cm³/mol. The van der Waals surface area contributed by atoms with Crippen LogP contribution < -0.4 is 5.56 Å². The molecule has 0 unspecified atom stereocenters. The molecule has 0 radical (unpaired) electrons. The Bertz CT molecular complexity index is 1220. The summed E-state index contributed by atoms with van der Waals surface area (Å²) in [6, 6.07) is 10.3. The molecule has 0 atom stereocenters. The SMILES string of the molecule is O=c1[nH]c2nc(SCc3ccccc3)nn2c(O)c1-c1c(F)cc(F)cc1F. The largest absolute Gasteiger partial charge is 0.493 e. The van der Waals surface area contributed by atoms with Gasteiger partial charge in [0.1, 0.15) is 23.0 Å². The number of rotatable bonds is 4. The van der Waals surface area contributed by atoms with E-state index >= 15 is 0 Å². The smallest absolute Gasteiger partial charge is 0.264 e. The zero-order valence-corrected chi connectivity index (χ0v) is 14.8. The minimum atomic E-state index is -1.32. The third kappa shape index (κ3) is 3.22. The van der Waals surface area contributed by atoms with Gasteiger partial charge in [-0.2, -0.15) is 9.50 Å². The predicted octanol–water partition coefficient (Wildman–Crippen LogP) is 3.50. The molecule has 28 heavy (non-hydrogen) atoms. The van der Waals surface area contributed by atoms with E-state index in [1.165, 1.54) is 11.8 Å². The minimum absolute atomic E-state index is 0.0928. The summed E-state index contributed by atoms with van der Waals surface area (Å²) in [4.78, 5) is 18.7. The fourth-order valence-corrected chi connectivity index (χ4v) is 3.46. The van der Waals surface area contributed by atoms with Crippen molar-refractivity contribution in [2.24, 2.45) is 0 Å². The summed E-state index contributed by atoms with van der Waals surface area (Å²) >= 11 is 1.25. The molecule has 4 rings (SSSR count). The molecule has 2 N–H and O–H groups in total. The van der Waals surface area contributed by atoms with Gasteiger partial charge in [0.15, 0.2) is 0 Å². The summed E-state index contributed by atoms with van der Waals surface area (Å²) < 4.78 is 42.2. The first-order valence-electron chi connectivity index (χ1n) is 7.97. The van der Waals surface area contributed by atoms with E-state index in [1.807, 2.05) is 30.3 Å². The van der Waals surface area contributed by atoms with E-state index in [0.717, 1.165) is 10.1 Å². The molecule has 0 spiro atoms. The van der Waals surface area contributed by atoms with Gasteiger partial charge in [0.2, 0.25) is 16.8 Å². The van der Waals surface area contributed by atoms with Gasteiger partial charge in [-0.1, -0.05) is 42.1 Å². The van der Waals surface area contributed by atoms with Gasteiger partial charge >= 0.3 is 0 Å². The van der Waals surface area contributed by atoms with E-state index in [1.54, 1.807) is 0 Å². The van der Waals surface area contributed by atoms with Crippen molar-refractivity contribution in [2.45, 2.75) is 10.9 Å². The monoisotopic (exact) mass is 404 g/mol. The third-order valence-electron chi connectivity index (χ3n) is 3.93. The highest BCUT2D eigenvalue weighted by Gasteiger charge is 2.23. The van der Waals surface area contributed by atoms with Gasteiger partial charge in [0.05, 0.1) is 5.56 Å². The van der Waals surface area contributed by atoms with Crippen molar-refractivity contribution < 1.29 is 18.3 Å². The molecule has 2 heterocycles. The molecule has 2 aromatic heterocycles. The second-order valence-corrected chi connectivity index (χ2v) is 6.74. The van der Waals surface area contributed by atoms with Crippen LogP contribution >= 0.6 is 11.8 Å². The second-order valence-electron chi connectivity index (χ2n) is 5.80. The molecular formula is C18H11F3N4O2S. The van der Waals surface area contributed by atoms with Crippen LogP contribution in [-0.2, 0) is 5.75 Å². The second kappa shape index (κ2) is 7.04. The number of nitrogens with one attached hydrogen (secondary N) is 1. The Hall–Kier alpha value is -3.27. The Morgan fingerprint density at radius 1 is 1.07 bits per heavy atom. The number of nitrogens with zero attached hydrogens (tertiary/aromatic N) is 3. The molecule has 0 bridgehead atoms. The molecule has 0 aliphatic carbocycles. The quantitative estimate of drug-likeness (QED) is 0.509. The highest BCUT2D eigenvalue weighted by molar-refractivity contribution is 7.98. The summed E-state index contributed by atoms with van der Waals surface area (Å²) in [5.41, 5.74) is -1.52. The summed E-state index contributed by atoms with van der Waals surface area (Å²) in [5.74, 6) is -4.15. The van der Waals surface area contributed by atoms with Gasteiger partial charge in [0, 0.05) is 17.9 Å². The van der Waals surface area contributed by atoms with Crippen molar-refractivity contribution in [1.82, 2.24) is 19.6 Å². The van der Waals surface area contributed by atoms with E-state index < -0.39 is 40.0 Å². The number of halogens is 3. The van der Waals surface area contributed by atoms with E-state index in [2.05, 4.69) is 15.1 Å². The Labute approximate surface area is 159 Å². The van der Waals surface area contributed by atoms with Gasteiger partial charge in [-0.15, -0.1) is 5.10 Å². The summed E-state index contributed by atoms with van der Waals surface area (Å²) in [6.45, 7) is 0. The molecule has 0 saturated carbocycles. The first kappa shape index (κ1) is 18.1. The van der Waals surface area contributed by atoms with E-state index in [4.69, 9.17) is 0 Å². The number of aromatic hydroxyl groups is 1. The fourth-order valence-electron chi connectivity index (χ4n) is 2.68. The molecule has 0 fully saturated rings. The van der Waals surface area contributed by atoms with Crippen LogP contribution in [0.15, 0.2) is 52.4 Å². The van der Waals surface area contributed by atoms with Crippen molar-refractivity contribution in [3.05, 3.63) is 75.8 Å². The molecule has 0 aliphatic heterocycles. The van der Waals surface area contributed by atoms with Crippen molar-refractivity contribution in [2.75, 3.05) is 0 Å². The zero-order chi connectivity index (χ0) is 19.8. The molecular weight excluding hydrogens is 393 g/mol. The molecule has 2 aromatic carbocycles.